The molecule has 0 unspecified atom stereocenters. The molecule has 1 heterocycles. The number of hydrogen-bond donors (Lipinski definition) is 2. The molecule has 2 N–H and O–H groups in total. The van der Waals surface area contributed by atoms with Crippen LogP contribution in [-0.4, -0.2) is 26.6 Å². The van der Waals surface area contributed by atoms with Crippen LogP contribution >= 0.6 is 0 Å². The summed E-state index contributed by atoms with van der Waals surface area (Å²) in [6.07, 6.45) is 3.07. The van der Waals surface area contributed by atoms with Gasteiger partial charge in [-0.2, -0.15) is 0 Å². The number of benzene rings is 2. The van der Waals surface area contributed by atoms with Crippen LogP contribution in [0.2, 0.25) is 0 Å². The van der Waals surface area contributed by atoms with Gasteiger partial charge in [0.15, 0.2) is 0 Å². The fraction of sp³-hybridized carbons (Fsp3) is 0.273. The maximum atomic E-state index is 12.9. The number of carbonyl (C=O) groups is 2. The highest BCUT2D eigenvalue weighted by atomic mass is 16.2. The van der Waals surface area contributed by atoms with Gasteiger partial charge >= 0.3 is 0 Å². The minimum absolute atomic E-state index is 0.0403. The summed E-state index contributed by atoms with van der Waals surface area (Å²) in [7, 11) is 0. The molecule has 7 heteroatoms. The predicted octanol–water partition coefficient (Wildman–Crippen LogP) is 2.57. The summed E-state index contributed by atoms with van der Waals surface area (Å²) in [5, 5.41) is 9.87. The van der Waals surface area contributed by atoms with Gasteiger partial charge in [0.25, 0.3) is 0 Å². The molecule has 4 rings (SSSR count). The zero-order valence-electron chi connectivity index (χ0n) is 16.3. The van der Waals surface area contributed by atoms with Crippen molar-refractivity contribution in [2.75, 3.05) is 5.32 Å². The van der Waals surface area contributed by atoms with Crippen molar-refractivity contribution in [3.05, 3.63) is 77.6 Å². The monoisotopic (exact) mass is 389 g/mol. The van der Waals surface area contributed by atoms with Crippen molar-refractivity contribution in [1.29, 1.82) is 0 Å². The average molecular weight is 389 g/mol. The van der Waals surface area contributed by atoms with Crippen LogP contribution in [0, 0.1) is 6.92 Å². The highest BCUT2D eigenvalue weighted by molar-refractivity contribution is 6.00. The molecule has 1 fully saturated rings. The molecule has 2 amide bonds. The van der Waals surface area contributed by atoms with E-state index in [4.69, 9.17) is 0 Å². The zero-order valence-corrected chi connectivity index (χ0v) is 16.3. The zero-order chi connectivity index (χ0) is 20.3. The Morgan fingerprint density at radius 1 is 1.07 bits per heavy atom. The number of amides is 2. The molecule has 0 bridgehead atoms. The summed E-state index contributed by atoms with van der Waals surface area (Å²) >= 11 is 0. The summed E-state index contributed by atoms with van der Waals surface area (Å²) in [6.45, 7) is 2.51. The Morgan fingerprint density at radius 2 is 1.79 bits per heavy atom. The smallest absolute Gasteiger partial charge is 0.248 e. The first-order valence-corrected chi connectivity index (χ1v) is 9.64. The van der Waals surface area contributed by atoms with Crippen LogP contribution in [0.15, 0.2) is 60.9 Å². The number of aromatic nitrogens is 3. The van der Waals surface area contributed by atoms with Gasteiger partial charge in [-0.1, -0.05) is 54.6 Å². The molecule has 0 atom stereocenters. The topological polar surface area (TPSA) is 88.9 Å². The van der Waals surface area contributed by atoms with E-state index in [2.05, 4.69) is 20.7 Å². The normalized spacial score (nSPS) is 14.2. The number of hydrogen-bond acceptors (Lipinski definition) is 4. The molecule has 1 aromatic heterocycles. The van der Waals surface area contributed by atoms with E-state index < -0.39 is 5.41 Å². The SMILES string of the molecule is Cc1ccccc1C1(C(=O)Nc2ncn(CC(=O)NCc3ccccc3)n2)CC1. The molecule has 0 saturated heterocycles. The number of nitrogens with zero attached hydrogens (tertiary/aromatic N) is 3. The second-order valence-electron chi connectivity index (χ2n) is 7.38. The molecule has 0 radical (unpaired) electrons. The van der Waals surface area contributed by atoms with Crippen LogP contribution in [0.1, 0.15) is 29.5 Å². The lowest BCUT2D eigenvalue weighted by Crippen LogP contribution is -2.29. The Bertz CT molecular complexity index is 1020. The Balaban J connectivity index is 1.34. The predicted molar refractivity (Wildman–Crippen MR) is 109 cm³/mol. The van der Waals surface area contributed by atoms with E-state index in [0.29, 0.717) is 6.54 Å². The van der Waals surface area contributed by atoms with E-state index >= 15 is 0 Å². The lowest BCUT2D eigenvalue weighted by molar-refractivity contribution is -0.122. The van der Waals surface area contributed by atoms with Crippen molar-refractivity contribution in [2.24, 2.45) is 0 Å². The maximum Gasteiger partial charge on any atom is 0.248 e. The number of anilines is 1. The summed E-state index contributed by atoms with van der Waals surface area (Å²) < 4.78 is 1.42. The van der Waals surface area contributed by atoms with E-state index in [1.165, 1.54) is 11.0 Å². The molecule has 0 spiro atoms. The van der Waals surface area contributed by atoms with E-state index in [1.54, 1.807) is 0 Å². The molecule has 7 nitrogen and oxygen atoms in total. The summed E-state index contributed by atoms with van der Waals surface area (Å²) in [6, 6.07) is 17.6. The van der Waals surface area contributed by atoms with E-state index in [-0.39, 0.29) is 24.3 Å². The first-order valence-electron chi connectivity index (χ1n) is 9.64. The first-order chi connectivity index (χ1) is 14.1. The van der Waals surface area contributed by atoms with E-state index in [0.717, 1.165) is 29.5 Å². The van der Waals surface area contributed by atoms with Gasteiger partial charge in [-0.3, -0.25) is 14.9 Å². The minimum Gasteiger partial charge on any atom is -0.350 e. The molecule has 148 valence electrons. The molecule has 29 heavy (non-hydrogen) atoms. The third kappa shape index (κ3) is 4.18. The van der Waals surface area contributed by atoms with Crippen LogP contribution < -0.4 is 10.6 Å². The standard InChI is InChI=1S/C22H23N5O2/c1-16-7-5-6-10-18(16)22(11-12-22)20(29)25-21-24-15-27(26-21)14-19(28)23-13-17-8-3-2-4-9-17/h2-10,15H,11-14H2,1H3,(H,23,28)(H,25,26,29). The van der Waals surface area contributed by atoms with Crippen LogP contribution in [0.3, 0.4) is 0 Å². The van der Waals surface area contributed by atoms with Gasteiger partial charge in [0.05, 0.1) is 5.41 Å². The van der Waals surface area contributed by atoms with Crippen LogP contribution in [0.4, 0.5) is 5.95 Å². The molecule has 3 aromatic rings. The summed E-state index contributed by atoms with van der Waals surface area (Å²) in [5.41, 5.74) is 2.69. The Morgan fingerprint density at radius 3 is 2.52 bits per heavy atom. The Hall–Kier alpha value is -3.48. The van der Waals surface area contributed by atoms with Crippen molar-refractivity contribution >= 4 is 17.8 Å². The maximum absolute atomic E-state index is 12.9. The third-order valence-corrected chi connectivity index (χ3v) is 5.25. The minimum atomic E-state index is -0.496. The van der Waals surface area contributed by atoms with Crippen molar-refractivity contribution in [3.8, 4) is 0 Å². The van der Waals surface area contributed by atoms with E-state index in [9.17, 15) is 9.59 Å². The van der Waals surface area contributed by atoms with Gasteiger partial charge in [-0.25, -0.2) is 9.67 Å². The molecular weight excluding hydrogens is 366 g/mol. The van der Waals surface area contributed by atoms with Crippen LogP contribution in [-0.2, 0) is 28.1 Å². The molecule has 0 aliphatic heterocycles. The second kappa shape index (κ2) is 7.87. The Kier molecular flexibility index (Phi) is 5.12. The fourth-order valence-electron chi connectivity index (χ4n) is 3.50. The van der Waals surface area contributed by atoms with Gasteiger partial charge in [-0.05, 0) is 36.5 Å². The number of nitrogens with one attached hydrogen (secondary N) is 2. The quantitative estimate of drug-likeness (QED) is 0.650. The van der Waals surface area contributed by atoms with Gasteiger partial charge in [0.2, 0.25) is 17.8 Å². The number of carbonyl (C=O) groups excluding carboxylic acids is 2. The number of rotatable bonds is 7. The average Bonchev–Trinajstić information content (AvgIpc) is 3.43. The third-order valence-electron chi connectivity index (χ3n) is 5.25. The lowest BCUT2D eigenvalue weighted by atomic mass is 9.91. The van der Waals surface area contributed by atoms with Crippen molar-refractivity contribution < 1.29 is 9.59 Å². The number of aryl methyl sites for hydroxylation is 1. The summed E-state index contributed by atoms with van der Waals surface area (Å²) in [5.74, 6) is -0.0565. The van der Waals surface area contributed by atoms with Gasteiger partial charge in [0.1, 0.15) is 12.9 Å². The molecule has 2 aromatic carbocycles. The van der Waals surface area contributed by atoms with Gasteiger partial charge < -0.3 is 5.32 Å². The molecular formula is C22H23N5O2. The second-order valence-corrected chi connectivity index (χ2v) is 7.38. The largest absolute Gasteiger partial charge is 0.350 e. The van der Waals surface area contributed by atoms with Crippen molar-refractivity contribution in [2.45, 2.75) is 38.3 Å². The van der Waals surface area contributed by atoms with E-state index in [1.807, 2.05) is 61.5 Å². The molecule has 1 aliphatic rings. The van der Waals surface area contributed by atoms with Crippen molar-refractivity contribution in [3.63, 3.8) is 0 Å². The highest BCUT2D eigenvalue weighted by Gasteiger charge is 2.52. The highest BCUT2D eigenvalue weighted by Crippen LogP contribution is 2.49. The van der Waals surface area contributed by atoms with Gasteiger partial charge in [0, 0.05) is 6.54 Å². The fourth-order valence-corrected chi connectivity index (χ4v) is 3.50. The lowest BCUT2D eigenvalue weighted by Gasteiger charge is -2.16. The van der Waals surface area contributed by atoms with Crippen LogP contribution in [0.25, 0.3) is 0 Å². The molecule has 1 aliphatic carbocycles. The molecule has 1 saturated carbocycles. The summed E-state index contributed by atoms with van der Waals surface area (Å²) in [4.78, 5) is 29.1. The van der Waals surface area contributed by atoms with Crippen molar-refractivity contribution in [1.82, 2.24) is 20.1 Å². The van der Waals surface area contributed by atoms with Gasteiger partial charge in [-0.15, -0.1) is 5.10 Å². The first kappa shape index (κ1) is 18.9. The van der Waals surface area contributed by atoms with Crippen LogP contribution in [0.5, 0.6) is 0 Å². The Labute approximate surface area is 169 Å².